The molecule has 0 heterocycles. The van der Waals surface area contributed by atoms with E-state index < -0.39 is 0 Å². The maximum atomic E-state index is 11.8. The van der Waals surface area contributed by atoms with Gasteiger partial charge in [-0.2, -0.15) is 0 Å². The number of fused-ring (bicyclic) bond motifs is 5. The van der Waals surface area contributed by atoms with Gasteiger partial charge in [-0.05, 0) is 85.5 Å². The van der Waals surface area contributed by atoms with Crippen LogP contribution in [0.1, 0.15) is 66.9 Å². The van der Waals surface area contributed by atoms with Crippen LogP contribution in [0.5, 0.6) is 5.75 Å². The average molecular weight is 325 g/mol. The number of ether oxygens (including phenoxy) is 1. The molecule has 1 aromatic carbocycles. The Morgan fingerprint density at radius 3 is 2.96 bits per heavy atom. The smallest absolute Gasteiger partial charge is 0.252 e. The van der Waals surface area contributed by atoms with Crippen LogP contribution in [0.25, 0.3) is 0 Å². The Hall–Kier alpha value is -1.77. The van der Waals surface area contributed by atoms with Gasteiger partial charge in [-0.25, -0.2) is 0 Å². The van der Waals surface area contributed by atoms with Gasteiger partial charge in [0.05, 0.1) is 12.2 Å². The molecule has 3 aliphatic carbocycles. The highest BCUT2D eigenvalue weighted by atomic mass is 16.5. The Bertz CT molecular complexity index is 708. The summed E-state index contributed by atoms with van der Waals surface area (Å²) in [5, 5.41) is 0. The van der Waals surface area contributed by atoms with Crippen LogP contribution in [0.15, 0.2) is 24.3 Å². The average Bonchev–Trinajstić information content (AvgIpc) is 2.96. The monoisotopic (exact) mass is 325 g/mol. The number of aryl methyl sites for hydroxylation is 1. The first-order valence-electron chi connectivity index (χ1n) is 9.30. The Balaban J connectivity index is 1.74. The number of benzene rings is 1. The Morgan fingerprint density at radius 2 is 2.21 bits per heavy atom. The molecule has 3 aliphatic rings. The van der Waals surface area contributed by atoms with Crippen molar-refractivity contribution in [3.8, 4) is 5.75 Å². The fourth-order valence-corrected chi connectivity index (χ4v) is 5.55. The van der Waals surface area contributed by atoms with Gasteiger partial charge in [0.2, 0.25) is 0 Å². The highest BCUT2D eigenvalue weighted by molar-refractivity contribution is 5.96. The first-order valence-corrected chi connectivity index (χ1v) is 9.30. The first-order chi connectivity index (χ1) is 11.5. The molecule has 4 atom stereocenters. The van der Waals surface area contributed by atoms with E-state index in [-0.39, 0.29) is 5.91 Å². The van der Waals surface area contributed by atoms with Crippen LogP contribution in [-0.4, -0.2) is 12.5 Å². The van der Waals surface area contributed by atoms with E-state index >= 15 is 0 Å². The van der Waals surface area contributed by atoms with Crippen molar-refractivity contribution in [1.82, 2.24) is 0 Å². The zero-order valence-electron chi connectivity index (χ0n) is 14.7. The fourth-order valence-electron chi connectivity index (χ4n) is 5.55. The SMILES string of the molecule is CCOc1cc2c(cc1C(N)=O)CC[C@@H]1[C@@H]2CC[C@]2(C)C=CC[C@@H]12. The highest BCUT2D eigenvalue weighted by Crippen LogP contribution is 2.58. The molecular weight excluding hydrogens is 298 g/mol. The summed E-state index contributed by atoms with van der Waals surface area (Å²) in [6, 6.07) is 4.13. The fraction of sp³-hybridized carbons (Fsp3) is 0.571. The molecule has 0 unspecified atom stereocenters. The van der Waals surface area contributed by atoms with Crippen LogP contribution in [0, 0.1) is 17.3 Å². The second-order valence-electron chi connectivity index (χ2n) is 7.94. The lowest BCUT2D eigenvalue weighted by Crippen LogP contribution is -2.39. The van der Waals surface area contributed by atoms with Crippen molar-refractivity contribution < 1.29 is 9.53 Å². The van der Waals surface area contributed by atoms with Crippen LogP contribution in [0.3, 0.4) is 0 Å². The van der Waals surface area contributed by atoms with Crippen LogP contribution in [-0.2, 0) is 6.42 Å². The van der Waals surface area contributed by atoms with Gasteiger partial charge in [-0.15, -0.1) is 0 Å². The van der Waals surface area contributed by atoms with Gasteiger partial charge in [0, 0.05) is 0 Å². The second kappa shape index (κ2) is 5.65. The lowest BCUT2D eigenvalue weighted by atomic mass is 9.55. The molecule has 24 heavy (non-hydrogen) atoms. The summed E-state index contributed by atoms with van der Waals surface area (Å²) in [4.78, 5) is 11.8. The van der Waals surface area contributed by atoms with E-state index in [1.165, 1.54) is 36.8 Å². The first kappa shape index (κ1) is 15.7. The lowest BCUT2D eigenvalue weighted by molar-refractivity contribution is 0.0824. The Labute approximate surface area is 144 Å². The Morgan fingerprint density at radius 1 is 1.38 bits per heavy atom. The van der Waals surface area contributed by atoms with E-state index in [2.05, 4.69) is 25.1 Å². The molecule has 0 saturated heterocycles. The summed E-state index contributed by atoms with van der Waals surface area (Å²) < 4.78 is 5.74. The summed E-state index contributed by atoms with van der Waals surface area (Å²) in [6.45, 7) is 4.94. The number of nitrogens with two attached hydrogens (primary N) is 1. The van der Waals surface area contributed by atoms with Crippen LogP contribution in [0.4, 0.5) is 0 Å². The van der Waals surface area contributed by atoms with Crippen molar-refractivity contribution >= 4 is 5.91 Å². The molecule has 3 heteroatoms. The number of rotatable bonds is 3. The molecular formula is C21H27NO2. The molecule has 2 N–H and O–H groups in total. The van der Waals surface area contributed by atoms with Crippen molar-refractivity contribution in [1.29, 1.82) is 0 Å². The topological polar surface area (TPSA) is 52.3 Å². The third kappa shape index (κ3) is 2.28. The van der Waals surface area contributed by atoms with E-state index in [0.717, 1.165) is 18.3 Å². The zero-order valence-corrected chi connectivity index (χ0v) is 14.7. The van der Waals surface area contributed by atoms with Crippen LogP contribution < -0.4 is 10.5 Å². The van der Waals surface area contributed by atoms with E-state index in [1.54, 1.807) is 0 Å². The molecule has 0 radical (unpaired) electrons. The summed E-state index contributed by atoms with van der Waals surface area (Å²) in [5.74, 6) is 2.41. The molecule has 128 valence electrons. The summed E-state index contributed by atoms with van der Waals surface area (Å²) in [5.41, 5.74) is 9.23. The lowest BCUT2D eigenvalue weighted by Gasteiger charge is -2.49. The summed E-state index contributed by atoms with van der Waals surface area (Å²) in [6.07, 6.45) is 10.9. The number of carbonyl (C=O) groups is 1. The molecule has 1 amide bonds. The predicted molar refractivity (Wildman–Crippen MR) is 95.3 cm³/mol. The van der Waals surface area contributed by atoms with Gasteiger partial charge in [-0.1, -0.05) is 19.1 Å². The minimum absolute atomic E-state index is 0.389. The minimum atomic E-state index is -0.389. The van der Waals surface area contributed by atoms with E-state index in [0.29, 0.717) is 29.3 Å². The summed E-state index contributed by atoms with van der Waals surface area (Å²) >= 11 is 0. The molecule has 1 fully saturated rings. The quantitative estimate of drug-likeness (QED) is 0.847. The van der Waals surface area contributed by atoms with Gasteiger partial charge in [0.15, 0.2) is 0 Å². The largest absolute Gasteiger partial charge is 0.493 e. The zero-order chi connectivity index (χ0) is 16.9. The van der Waals surface area contributed by atoms with E-state index in [4.69, 9.17) is 10.5 Å². The normalized spacial score (nSPS) is 33.5. The van der Waals surface area contributed by atoms with Crippen molar-refractivity contribution in [2.45, 2.75) is 51.9 Å². The molecule has 0 bridgehead atoms. The molecule has 1 saturated carbocycles. The van der Waals surface area contributed by atoms with Crippen LogP contribution >= 0.6 is 0 Å². The van der Waals surface area contributed by atoms with E-state index in [1.807, 2.05) is 13.0 Å². The molecule has 0 aliphatic heterocycles. The maximum Gasteiger partial charge on any atom is 0.252 e. The summed E-state index contributed by atoms with van der Waals surface area (Å²) in [7, 11) is 0. The minimum Gasteiger partial charge on any atom is -0.493 e. The van der Waals surface area contributed by atoms with Gasteiger partial charge in [-0.3, -0.25) is 4.79 Å². The molecule has 3 nitrogen and oxygen atoms in total. The number of hydrogen-bond acceptors (Lipinski definition) is 2. The molecule has 1 aromatic rings. The maximum absolute atomic E-state index is 11.8. The van der Waals surface area contributed by atoms with Gasteiger partial charge in [0.25, 0.3) is 5.91 Å². The van der Waals surface area contributed by atoms with Crippen molar-refractivity contribution in [3.63, 3.8) is 0 Å². The van der Waals surface area contributed by atoms with Gasteiger partial charge >= 0.3 is 0 Å². The van der Waals surface area contributed by atoms with Crippen LogP contribution in [0.2, 0.25) is 0 Å². The number of allylic oxidation sites excluding steroid dienone is 2. The third-order valence-electron chi connectivity index (χ3n) is 6.72. The molecule has 0 aromatic heterocycles. The molecule has 4 rings (SSSR count). The Kier molecular flexibility index (Phi) is 3.70. The molecule has 0 spiro atoms. The second-order valence-corrected chi connectivity index (χ2v) is 7.94. The third-order valence-corrected chi connectivity index (χ3v) is 6.72. The highest BCUT2D eigenvalue weighted by Gasteiger charge is 2.48. The number of hydrogen-bond donors (Lipinski definition) is 1. The van der Waals surface area contributed by atoms with Crippen molar-refractivity contribution in [3.05, 3.63) is 41.0 Å². The van der Waals surface area contributed by atoms with E-state index in [9.17, 15) is 4.79 Å². The number of amides is 1. The predicted octanol–water partition coefficient (Wildman–Crippen LogP) is 4.21. The standard InChI is InChI=1S/C21H27NO2/c1-3-24-19-12-16-13(11-17(19)20(22)23)6-7-15-14(16)8-10-21(2)9-4-5-18(15)21/h4,9,11-12,14-15,18H,3,5-8,10H2,1-2H3,(H2,22,23)/t14-,15+,18-,21-/m0/s1. The van der Waals surface area contributed by atoms with Gasteiger partial charge in [0.1, 0.15) is 5.75 Å². The van der Waals surface area contributed by atoms with Gasteiger partial charge < -0.3 is 10.5 Å². The number of primary amides is 1. The number of carbonyl (C=O) groups excluding carboxylic acids is 1. The van der Waals surface area contributed by atoms with Crippen molar-refractivity contribution in [2.24, 2.45) is 23.0 Å². The van der Waals surface area contributed by atoms with Crippen molar-refractivity contribution in [2.75, 3.05) is 6.61 Å².